The third-order valence-corrected chi connectivity index (χ3v) is 4.42. The summed E-state index contributed by atoms with van der Waals surface area (Å²) in [6, 6.07) is 11.2. The molecule has 104 valence electrons. The molecule has 0 saturated carbocycles. The summed E-state index contributed by atoms with van der Waals surface area (Å²) in [4.78, 5) is 11.0. The Labute approximate surface area is 142 Å². The molecule has 3 nitrogen and oxygen atoms in total. The highest BCUT2D eigenvalue weighted by molar-refractivity contribution is 9.11. The van der Waals surface area contributed by atoms with Crippen molar-refractivity contribution < 1.29 is 4.79 Å². The second-order valence-electron chi connectivity index (χ2n) is 4.16. The lowest BCUT2D eigenvalue weighted by Crippen LogP contribution is -2.10. The first-order chi connectivity index (χ1) is 9.47. The molecule has 20 heavy (non-hydrogen) atoms. The minimum absolute atomic E-state index is 0.414. The fourth-order valence-electron chi connectivity index (χ4n) is 1.69. The van der Waals surface area contributed by atoms with E-state index in [-0.39, 0.29) is 0 Å². The van der Waals surface area contributed by atoms with Gasteiger partial charge in [-0.2, -0.15) is 0 Å². The maximum Gasteiger partial charge on any atom is 0.248 e. The first kappa shape index (κ1) is 15.5. The third-order valence-electron chi connectivity index (χ3n) is 2.71. The molecule has 0 fully saturated rings. The Kier molecular flexibility index (Phi) is 5.23. The van der Waals surface area contributed by atoms with Crippen LogP contribution >= 0.6 is 47.8 Å². The van der Waals surface area contributed by atoms with E-state index in [1.807, 2.05) is 24.3 Å². The van der Waals surface area contributed by atoms with Crippen molar-refractivity contribution in [3.8, 4) is 0 Å². The molecule has 0 aromatic heterocycles. The first-order valence-corrected chi connectivity index (χ1v) is 8.12. The molecule has 2 rings (SSSR count). The number of primary amides is 1. The quantitative estimate of drug-likeness (QED) is 0.692. The predicted octanol–water partition coefficient (Wildman–Crippen LogP) is 4.69. The van der Waals surface area contributed by atoms with Crippen LogP contribution in [-0.4, -0.2) is 5.91 Å². The van der Waals surface area contributed by atoms with Crippen molar-refractivity contribution in [2.45, 2.75) is 6.54 Å². The Bertz CT molecular complexity index is 618. The summed E-state index contributed by atoms with van der Waals surface area (Å²) in [5, 5.41) is 3.34. The molecule has 0 heterocycles. The van der Waals surface area contributed by atoms with E-state index in [1.54, 1.807) is 12.1 Å². The van der Waals surface area contributed by atoms with E-state index >= 15 is 0 Å². The van der Waals surface area contributed by atoms with Gasteiger partial charge in [0, 0.05) is 25.5 Å². The lowest BCUT2D eigenvalue weighted by atomic mass is 10.1. The lowest BCUT2D eigenvalue weighted by Gasteiger charge is -2.11. The average molecular weight is 463 g/mol. The van der Waals surface area contributed by atoms with Gasteiger partial charge in [0.05, 0.1) is 5.69 Å². The fraction of sp³-hybridized carbons (Fsp3) is 0.0714. The number of benzene rings is 2. The number of hydrogen-bond acceptors (Lipinski definition) is 2. The van der Waals surface area contributed by atoms with Gasteiger partial charge in [-0.25, -0.2) is 0 Å². The standard InChI is InChI=1S/C14H11Br3N2O/c15-10-5-11(16)13(12(17)6-10)19-7-8-1-3-9(4-2-8)14(18)20/h1-6,19H,7H2,(H2,18,20). The van der Waals surface area contributed by atoms with Gasteiger partial charge in [-0.1, -0.05) is 28.1 Å². The van der Waals surface area contributed by atoms with Crippen LogP contribution < -0.4 is 11.1 Å². The van der Waals surface area contributed by atoms with Crippen LogP contribution in [0.3, 0.4) is 0 Å². The SMILES string of the molecule is NC(=O)c1ccc(CNc2c(Br)cc(Br)cc2Br)cc1. The summed E-state index contributed by atoms with van der Waals surface area (Å²) in [5.41, 5.74) is 7.77. The van der Waals surface area contributed by atoms with Crippen molar-refractivity contribution in [1.82, 2.24) is 0 Å². The van der Waals surface area contributed by atoms with Gasteiger partial charge in [0.1, 0.15) is 0 Å². The molecule has 0 spiro atoms. The summed E-state index contributed by atoms with van der Waals surface area (Å²) < 4.78 is 2.92. The van der Waals surface area contributed by atoms with Crippen LogP contribution in [0.25, 0.3) is 0 Å². The van der Waals surface area contributed by atoms with Gasteiger partial charge in [0.15, 0.2) is 0 Å². The number of amides is 1. The van der Waals surface area contributed by atoms with Crippen molar-refractivity contribution in [3.63, 3.8) is 0 Å². The highest BCUT2D eigenvalue weighted by atomic mass is 79.9. The summed E-state index contributed by atoms with van der Waals surface area (Å²) in [6.07, 6.45) is 0. The van der Waals surface area contributed by atoms with Crippen LogP contribution in [0, 0.1) is 0 Å². The largest absolute Gasteiger partial charge is 0.379 e. The molecule has 0 bridgehead atoms. The number of halogens is 3. The number of rotatable bonds is 4. The van der Waals surface area contributed by atoms with Gasteiger partial charge in [0.25, 0.3) is 0 Å². The predicted molar refractivity (Wildman–Crippen MR) is 91.8 cm³/mol. The van der Waals surface area contributed by atoms with Gasteiger partial charge in [-0.05, 0) is 61.7 Å². The molecule has 6 heteroatoms. The molecule has 0 radical (unpaired) electrons. The van der Waals surface area contributed by atoms with Crippen molar-refractivity contribution in [2.24, 2.45) is 5.73 Å². The Morgan fingerprint density at radius 1 is 1.05 bits per heavy atom. The summed E-state index contributed by atoms with van der Waals surface area (Å²) >= 11 is 10.5. The normalized spacial score (nSPS) is 10.3. The highest BCUT2D eigenvalue weighted by Crippen LogP contribution is 2.34. The molecule has 1 amide bonds. The van der Waals surface area contributed by atoms with Crippen LogP contribution in [0.1, 0.15) is 15.9 Å². The molecule has 0 atom stereocenters. The minimum Gasteiger partial charge on any atom is -0.379 e. The number of nitrogens with two attached hydrogens (primary N) is 1. The second kappa shape index (κ2) is 6.74. The summed E-state index contributed by atoms with van der Waals surface area (Å²) in [5.74, 6) is -0.414. The third kappa shape index (κ3) is 3.84. The molecular formula is C14H11Br3N2O. The van der Waals surface area contributed by atoms with Gasteiger partial charge in [-0.3, -0.25) is 4.79 Å². The molecule has 2 aromatic rings. The zero-order chi connectivity index (χ0) is 14.7. The molecule has 0 unspecified atom stereocenters. The molecule has 0 aliphatic carbocycles. The molecular weight excluding hydrogens is 452 g/mol. The molecule has 3 N–H and O–H groups in total. The van der Waals surface area contributed by atoms with E-state index in [0.29, 0.717) is 12.1 Å². The number of hydrogen-bond donors (Lipinski definition) is 2. The van der Waals surface area contributed by atoms with E-state index < -0.39 is 5.91 Å². The number of carbonyl (C=O) groups excluding carboxylic acids is 1. The van der Waals surface area contributed by atoms with Crippen LogP contribution in [0.4, 0.5) is 5.69 Å². The Balaban J connectivity index is 2.11. The van der Waals surface area contributed by atoms with Crippen molar-refractivity contribution in [2.75, 3.05) is 5.32 Å². The molecule has 0 saturated heterocycles. The van der Waals surface area contributed by atoms with Crippen LogP contribution in [0.2, 0.25) is 0 Å². The Morgan fingerprint density at radius 2 is 1.60 bits per heavy atom. The Morgan fingerprint density at radius 3 is 2.10 bits per heavy atom. The number of nitrogens with one attached hydrogen (secondary N) is 1. The zero-order valence-electron chi connectivity index (χ0n) is 10.3. The lowest BCUT2D eigenvalue weighted by molar-refractivity contribution is 0.100. The van der Waals surface area contributed by atoms with E-state index in [4.69, 9.17) is 5.73 Å². The van der Waals surface area contributed by atoms with Crippen molar-refractivity contribution in [3.05, 3.63) is 60.9 Å². The van der Waals surface area contributed by atoms with E-state index in [1.165, 1.54) is 0 Å². The van der Waals surface area contributed by atoms with Crippen LogP contribution in [0.5, 0.6) is 0 Å². The average Bonchev–Trinajstić information content (AvgIpc) is 2.38. The Hall–Kier alpha value is -0.850. The fourth-order valence-corrected chi connectivity index (χ4v) is 4.23. The van der Waals surface area contributed by atoms with E-state index in [2.05, 4.69) is 53.1 Å². The van der Waals surface area contributed by atoms with E-state index in [0.717, 1.165) is 24.7 Å². The van der Waals surface area contributed by atoms with Gasteiger partial charge >= 0.3 is 0 Å². The van der Waals surface area contributed by atoms with Crippen molar-refractivity contribution >= 4 is 59.4 Å². The monoisotopic (exact) mass is 460 g/mol. The van der Waals surface area contributed by atoms with Gasteiger partial charge in [0.2, 0.25) is 5.91 Å². The number of anilines is 1. The maximum absolute atomic E-state index is 11.0. The van der Waals surface area contributed by atoms with Crippen LogP contribution in [-0.2, 0) is 6.54 Å². The van der Waals surface area contributed by atoms with Crippen LogP contribution in [0.15, 0.2) is 49.8 Å². The first-order valence-electron chi connectivity index (χ1n) is 5.74. The minimum atomic E-state index is -0.414. The summed E-state index contributed by atoms with van der Waals surface area (Å²) in [7, 11) is 0. The smallest absolute Gasteiger partial charge is 0.248 e. The summed E-state index contributed by atoms with van der Waals surface area (Å²) in [6.45, 7) is 0.651. The van der Waals surface area contributed by atoms with E-state index in [9.17, 15) is 4.79 Å². The van der Waals surface area contributed by atoms with Crippen molar-refractivity contribution in [1.29, 1.82) is 0 Å². The molecule has 2 aromatic carbocycles. The second-order valence-corrected chi connectivity index (χ2v) is 6.78. The topological polar surface area (TPSA) is 55.1 Å². The maximum atomic E-state index is 11.0. The molecule has 0 aliphatic rings. The zero-order valence-corrected chi connectivity index (χ0v) is 15.0. The highest BCUT2D eigenvalue weighted by Gasteiger charge is 2.07. The number of carbonyl (C=O) groups is 1. The van der Waals surface area contributed by atoms with Gasteiger partial charge < -0.3 is 11.1 Å². The molecule has 0 aliphatic heterocycles. The van der Waals surface area contributed by atoms with Gasteiger partial charge in [-0.15, -0.1) is 0 Å².